The molecule has 1 unspecified atom stereocenters. The zero-order valence-corrected chi connectivity index (χ0v) is 16.7. The number of hydrogen-bond donors (Lipinski definition) is 2. The van der Waals surface area contributed by atoms with Gasteiger partial charge in [0.15, 0.2) is 0 Å². The van der Waals surface area contributed by atoms with E-state index >= 15 is 0 Å². The quantitative estimate of drug-likeness (QED) is 0.585. The number of alkyl halides is 3. The first-order valence-electron chi connectivity index (χ1n) is 8.29. The number of halogens is 3. The Kier molecular flexibility index (Phi) is 6.15. The maximum absolute atomic E-state index is 12.7. The Morgan fingerprint density at radius 1 is 0.900 bits per heavy atom. The van der Waals surface area contributed by atoms with Gasteiger partial charge < -0.3 is 4.74 Å². The summed E-state index contributed by atoms with van der Waals surface area (Å²) in [6.45, 7) is 0. The molecule has 0 bridgehead atoms. The lowest BCUT2D eigenvalue weighted by atomic mass is 10.1. The largest absolute Gasteiger partial charge is 0.573 e. The molecule has 6 nitrogen and oxygen atoms in total. The minimum absolute atomic E-state index is 0.0595. The zero-order valence-electron chi connectivity index (χ0n) is 15.1. The monoisotopic (exact) mass is 456 g/mol. The molecule has 3 rings (SSSR count). The number of nitrogens with one attached hydrogen (secondary N) is 1. The first-order valence-corrected chi connectivity index (χ1v) is 11.0. The summed E-state index contributed by atoms with van der Waals surface area (Å²) in [4.78, 5) is 0.0605. The lowest BCUT2D eigenvalue weighted by Crippen LogP contribution is -2.17. The predicted octanol–water partition coefficient (Wildman–Crippen LogP) is 4.03. The van der Waals surface area contributed by atoms with Crippen LogP contribution in [0.1, 0.15) is 0 Å². The van der Waals surface area contributed by atoms with E-state index in [1.165, 1.54) is 48.5 Å². The summed E-state index contributed by atoms with van der Waals surface area (Å²) in [5.74, 6) is -0.383. The number of sulfonamides is 1. The van der Waals surface area contributed by atoms with Crippen molar-refractivity contribution in [1.82, 2.24) is 0 Å². The summed E-state index contributed by atoms with van der Waals surface area (Å²) in [7, 11) is -5.90. The molecule has 30 heavy (non-hydrogen) atoms. The smallest absolute Gasteiger partial charge is 0.406 e. The van der Waals surface area contributed by atoms with E-state index in [0.29, 0.717) is 11.1 Å². The molecule has 0 spiro atoms. The summed E-state index contributed by atoms with van der Waals surface area (Å²) in [6.07, 6.45) is -4.82. The molecule has 0 radical (unpaired) electrons. The van der Waals surface area contributed by atoms with Crippen LogP contribution in [0.25, 0.3) is 11.1 Å². The van der Waals surface area contributed by atoms with E-state index in [1.54, 1.807) is 24.3 Å². The molecule has 0 amide bonds. The lowest BCUT2D eigenvalue weighted by Gasteiger charge is -2.12. The summed E-state index contributed by atoms with van der Waals surface area (Å²) in [5, 5.41) is 5.17. The van der Waals surface area contributed by atoms with E-state index in [2.05, 4.69) is 9.46 Å². The van der Waals surface area contributed by atoms with Gasteiger partial charge in [0, 0.05) is 0 Å². The van der Waals surface area contributed by atoms with E-state index in [9.17, 15) is 25.8 Å². The number of ether oxygens (including phenoxy) is 1. The molecule has 1 atom stereocenters. The van der Waals surface area contributed by atoms with Gasteiger partial charge in [-0.1, -0.05) is 36.4 Å². The maximum Gasteiger partial charge on any atom is 0.573 e. The van der Waals surface area contributed by atoms with Crippen molar-refractivity contribution in [2.24, 2.45) is 5.14 Å². The lowest BCUT2D eigenvalue weighted by molar-refractivity contribution is -0.274. The summed E-state index contributed by atoms with van der Waals surface area (Å²) < 4.78 is 80.0. The molecule has 0 aliphatic heterocycles. The van der Waals surface area contributed by atoms with Crippen LogP contribution in [0.15, 0.2) is 82.6 Å². The van der Waals surface area contributed by atoms with Gasteiger partial charge >= 0.3 is 6.36 Å². The normalized spacial score (nSPS) is 12.9. The van der Waals surface area contributed by atoms with E-state index in [0.717, 1.165) is 0 Å². The Balaban J connectivity index is 1.88. The van der Waals surface area contributed by atoms with E-state index < -0.39 is 27.4 Å². The molecule has 0 aliphatic carbocycles. The van der Waals surface area contributed by atoms with E-state index in [1.807, 2.05) is 0 Å². The van der Waals surface area contributed by atoms with E-state index in [-0.39, 0.29) is 21.2 Å². The van der Waals surface area contributed by atoms with Crippen molar-refractivity contribution in [2.45, 2.75) is 16.2 Å². The van der Waals surface area contributed by atoms with Gasteiger partial charge in [0.25, 0.3) is 0 Å². The standard InChI is InChI=1S/C19H15F3N2O4S2/c20-19(21,22)28-15-7-3-5-13(11-15)14-6-4-8-16(12-14)29(25)24-17-9-1-2-10-18(17)30(23,26)27/h1-12,24H,(H2,23,26,27). The van der Waals surface area contributed by atoms with Gasteiger partial charge in [-0.2, -0.15) is 0 Å². The SMILES string of the molecule is NS(=O)(=O)c1ccccc1NS(=O)c1cccc(-c2cccc(OC(F)(F)F)c2)c1. The number of anilines is 1. The first kappa shape index (κ1) is 21.8. The molecule has 0 aromatic heterocycles. The summed E-state index contributed by atoms with van der Waals surface area (Å²) >= 11 is 0. The Morgan fingerprint density at radius 2 is 1.53 bits per heavy atom. The third-order valence-corrected chi connectivity index (χ3v) is 5.90. The molecule has 3 aromatic carbocycles. The maximum atomic E-state index is 12.7. The number of rotatable bonds is 6. The fraction of sp³-hybridized carbons (Fsp3) is 0.0526. The van der Waals surface area contributed by atoms with Crippen LogP contribution in [0.4, 0.5) is 18.9 Å². The first-order chi connectivity index (χ1) is 14.0. The molecule has 0 saturated carbocycles. The molecule has 0 saturated heterocycles. The minimum Gasteiger partial charge on any atom is -0.406 e. The Hall–Kier alpha value is -2.89. The highest BCUT2D eigenvalue weighted by atomic mass is 32.2. The van der Waals surface area contributed by atoms with Crippen molar-refractivity contribution < 1.29 is 30.5 Å². The van der Waals surface area contributed by atoms with Crippen molar-refractivity contribution in [1.29, 1.82) is 0 Å². The Bertz CT molecular complexity index is 1200. The highest BCUT2D eigenvalue weighted by Gasteiger charge is 2.31. The molecule has 3 N–H and O–H groups in total. The molecule has 0 fully saturated rings. The van der Waals surface area contributed by atoms with Crippen LogP contribution in [-0.2, 0) is 21.0 Å². The summed E-state index contributed by atoms with van der Waals surface area (Å²) in [6, 6.07) is 17.3. The number of benzene rings is 3. The minimum atomic E-state index is -4.82. The third kappa shape index (κ3) is 5.59. The van der Waals surface area contributed by atoms with E-state index in [4.69, 9.17) is 5.14 Å². The van der Waals surface area contributed by atoms with Crippen LogP contribution in [0.3, 0.4) is 0 Å². The van der Waals surface area contributed by atoms with Crippen LogP contribution in [0.5, 0.6) is 5.75 Å². The molecule has 11 heteroatoms. The van der Waals surface area contributed by atoms with Gasteiger partial charge in [0.05, 0.1) is 10.6 Å². The number of nitrogens with two attached hydrogens (primary N) is 1. The molecular formula is C19H15F3N2O4S2. The highest BCUT2D eigenvalue weighted by molar-refractivity contribution is 7.89. The molecule has 158 valence electrons. The second-order valence-electron chi connectivity index (χ2n) is 6.02. The number of hydrogen-bond acceptors (Lipinski definition) is 4. The van der Waals surface area contributed by atoms with Gasteiger partial charge in [-0.3, -0.25) is 4.72 Å². The van der Waals surface area contributed by atoms with Gasteiger partial charge in [0.2, 0.25) is 10.0 Å². The Morgan fingerprint density at radius 3 is 2.20 bits per heavy atom. The zero-order chi connectivity index (χ0) is 21.9. The molecular weight excluding hydrogens is 441 g/mol. The van der Waals surface area contributed by atoms with Gasteiger partial charge in [-0.05, 0) is 47.5 Å². The van der Waals surface area contributed by atoms with Crippen LogP contribution >= 0.6 is 0 Å². The van der Waals surface area contributed by atoms with Gasteiger partial charge in [-0.15, -0.1) is 13.2 Å². The highest BCUT2D eigenvalue weighted by Crippen LogP contribution is 2.29. The predicted molar refractivity (Wildman–Crippen MR) is 106 cm³/mol. The van der Waals surface area contributed by atoms with Gasteiger partial charge in [-0.25, -0.2) is 17.8 Å². The molecule has 3 aromatic rings. The summed E-state index contributed by atoms with van der Waals surface area (Å²) in [5.41, 5.74) is 0.972. The fourth-order valence-electron chi connectivity index (χ4n) is 2.62. The Labute approximate surface area is 173 Å². The van der Waals surface area contributed by atoms with Crippen molar-refractivity contribution in [3.05, 3.63) is 72.8 Å². The second-order valence-corrected chi connectivity index (χ2v) is 8.76. The van der Waals surface area contributed by atoms with Crippen molar-refractivity contribution in [2.75, 3.05) is 4.72 Å². The number of primary sulfonamides is 1. The second kappa shape index (κ2) is 8.46. The van der Waals surface area contributed by atoms with Crippen LogP contribution < -0.4 is 14.6 Å². The van der Waals surface area contributed by atoms with Crippen LogP contribution in [0.2, 0.25) is 0 Å². The average molecular weight is 456 g/mol. The van der Waals surface area contributed by atoms with Crippen molar-refractivity contribution >= 4 is 26.7 Å². The van der Waals surface area contributed by atoms with Crippen molar-refractivity contribution in [3.8, 4) is 16.9 Å². The topological polar surface area (TPSA) is 98.5 Å². The van der Waals surface area contributed by atoms with Crippen LogP contribution in [0, 0.1) is 0 Å². The third-order valence-electron chi connectivity index (χ3n) is 3.85. The average Bonchev–Trinajstić information content (AvgIpc) is 2.66. The molecule has 0 heterocycles. The number of para-hydroxylation sites is 1. The van der Waals surface area contributed by atoms with Gasteiger partial charge in [0.1, 0.15) is 21.6 Å². The van der Waals surface area contributed by atoms with Crippen molar-refractivity contribution in [3.63, 3.8) is 0 Å². The van der Waals surface area contributed by atoms with Crippen LogP contribution in [-0.4, -0.2) is 19.0 Å². The fourth-order valence-corrected chi connectivity index (χ4v) is 4.31. The molecule has 0 aliphatic rings.